The van der Waals surface area contributed by atoms with Crippen molar-refractivity contribution in [1.29, 1.82) is 0 Å². The maximum absolute atomic E-state index is 10.5. The molecular weight excluding hydrogens is 164 g/mol. The average molecular weight is 180 g/mol. The predicted octanol–water partition coefficient (Wildman–Crippen LogP) is -1.13. The fourth-order valence-electron chi connectivity index (χ4n) is 0.353. The fourth-order valence-corrected chi connectivity index (χ4v) is 0.353. The van der Waals surface area contributed by atoms with Crippen LogP contribution in [0.15, 0.2) is 0 Å². The van der Waals surface area contributed by atoms with Crippen LogP contribution in [0.1, 0.15) is 13.8 Å². The summed E-state index contributed by atoms with van der Waals surface area (Å²) in [7, 11) is 0. The van der Waals surface area contributed by atoms with Gasteiger partial charge in [0, 0.05) is 0 Å². The van der Waals surface area contributed by atoms with Crippen molar-refractivity contribution in [2.24, 2.45) is 0 Å². The molecule has 0 aliphatic rings. The quantitative estimate of drug-likeness (QED) is 0.414. The van der Waals surface area contributed by atoms with Gasteiger partial charge in [-0.25, -0.2) is 4.79 Å². The molecule has 0 aliphatic heterocycles. The van der Waals surface area contributed by atoms with Crippen LogP contribution in [0.5, 0.6) is 0 Å². The Bertz CT molecular complexity index is 106. The van der Waals surface area contributed by atoms with E-state index in [1.54, 1.807) is 0 Å². The summed E-state index contributed by atoms with van der Waals surface area (Å²) in [6.07, 6.45) is 0. The number of aliphatic hydroxyl groups is 3. The minimum Gasteiger partial charge on any atom is -0.376 e. The first kappa shape index (κ1) is 13.7. The van der Waals surface area contributed by atoms with Crippen molar-refractivity contribution in [3.8, 4) is 0 Å². The molecule has 0 spiro atoms. The molecule has 0 rings (SSSR count). The van der Waals surface area contributed by atoms with E-state index in [-0.39, 0.29) is 0 Å². The second kappa shape index (κ2) is 10.2. The molecule has 0 heterocycles. The molecule has 0 atom stereocenters. The highest BCUT2D eigenvalue weighted by atomic mass is 16.3. The Kier molecular flexibility index (Phi) is 11.6. The molecule has 6 nitrogen and oxygen atoms in total. The van der Waals surface area contributed by atoms with Gasteiger partial charge in [0.05, 0.1) is 0 Å². The molecule has 12 heavy (non-hydrogen) atoms. The smallest absolute Gasteiger partial charge is 0.322 e. The Morgan fingerprint density at radius 2 is 1.67 bits per heavy atom. The molecule has 0 aromatic heterocycles. The minimum atomic E-state index is -0.715. The summed E-state index contributed by atoms with van der Waals surface area (Å²) in [5.41, 5.74) is 0. The number of hydrogen-bond acceptors (Lipinski definition) is 4. The van der Waals surface area contributed by atoms with Crippen molar-refractivity contribution in [2.75, 3.05) is 20.2 Å². The van der Waals surface area contributed by atoms with Crippen LogP contribution >= 0.6 is 0 Å². The summed E-state index contributed by atoms with van der Waals surface area (Å²) in [6, 6.07) is -0.715. The third-order valence-corrected chi connectivity index (χ3v) is 0.859. The van der Waals surface area contributed by atoms with Crippen LogP contribution in [-0.4, -0.2) is 46.4 Å². The van der Waals surface area contributed by atoms with Gasteiger partial charge < -0.3 is 20.6 Å². The van der Waals surface area contributed by atoms with E-state index in [0.717, 1.165) is 0 Å². The van der Waals surface area contributed by atoms with Crippen LogP contribution in [-0.2, 0) is 0 Å². The molecule has 0 aliphatic carbocycles. The van der Waals surface area contributed by atoms with Crippen molar-refractivity contribution >= 4 is 6.03 Å². The number of carbonyl (C=O) groups is 1. The Morgan fingerprint density at radius 1 is 1.25 bits per heavy atom. The van der Waals surface area contributed by atoms with Crippen molar-refractivity contribution in [1.82, 2.24) is 10.2 Å². The van der Waals surface area contributed by atoms with E-state index >= 15 is 0 Å². The predicted molar refractivity (Wildman–Crippen MR) is 43.0 cm³/mol. The van der Waals surface area contributed by atoms with E-state index in [4.69, 9.17) is 15.3 Å². The second-order valence-corrected chi connectivity index (χ2v) is 1.46. The van der Waals surface area contributed by atoms with Crippen LogP contribution < -0.4 is 5.32 Å². The zero-order valence-electron chi connectivity index (χ0n) is 7.32. The van der Waals surface area contributed by atoms with Crippen LogP contribution in [0.3, 0.4) is 0 Å². The van der Waals surface area contributed by atoms with Crippen molar-refractivity contribution in [2.45, 2.75) is 13.8 Å². The summed E-state index contributed by atoms with van der Waals surface area (Å²) >= 11 is 0. The van der Waals surface area contributed by atoms with Gasteiger partial charge in [-0.2, -0.15) is 0 Å². The third kappa shape index (κ3) is 5.90. The number of nitrogens with zero attached hydrogens (tertiary/aromatic N) is 1. The third-order valence-electron chi connectivity index (χ3n) is 0.859. The first-order chi connectivity index (χ1) is 5.76. The molecule has 0 unspecified atom stereocenters. The van der Waals surface area contributed by atoms with E-state index in [0.29, 0.717) is 4.90 Å². The molecular formula is C6H16N2O4. The topological polar surface area (TPSA) is 93.0 Å². The lowest BCUT2D eigenvalue weighted by atomic mass is 10.8. The summed E-state index contributed by atoms with van der Waals surface area (Å²) in [4.78, 5) is 11.2. The van der Waals surface area contributed by atoms with Crippen molar-refractivity contribution in [3.05, 3.63) is 0 Å². The van der Waals surface area contributed by atoms with Gasteiger partial charge in [-0.15, -0.1) is 0 Å². The molecule has 4 N–H and O–H groups in total. The first-order valence-electron chi connectivity index (χ1n) is 3.61. The molecule has 0 saturated heterocycles. The number of aliphatic hydroxyl groups excluding tert-OH is 3. The number of urea groups is 1. The molecule has 0 fully saturated rings. The molecule has 0 bridgehead atoms. The highest BCUT2D eigenvalue weighted by Gasteiger charge is 2.07. The molecule has 2 amide bonds. The van der Waals surface area contributed by atoms with Gasteiger partial charge in [-0.1, -0.05) is 13.8 Å². The number of hydrogen-bond donors (Lipinski definition) is 4. The van der Waals surface area contributed by atoms with Gasteiger partial charge in [0.15, 0.2) is 0 Å². The van der Waals surface area contributed by atoms with Gasteiger partial charge in [-0.05, 0) is 0 Å². The Morgan fingerprint density at radius 3 is 1.92 bits per heavy atom. The van der Waals surface area contributed by atoms with E-state index in [2.05, 4.69) is 0 Å². The van der Waals surface area contributed by atoms with Gasteiger partial charge >= 0.3 is 6.03 Å². The second-order valence-electron chi connectivity index (χ2n) is 1.46. The summed E-state index contributed by atoms with van der Waals surface area (Å²) in [5, 5.41) is 26.8. The maximum Gasteiger partial charge on any atom is 0.322 e. The molecule has 74 valence electrons. The van der Waals surface area contributed by atoms with Crippen LogP contribution in [0.2, 0.25) is 0 Å². The van der Waals surface area contributed by atoms with Gasteiger partial charge in [0.25, 0.3) is 0 Å². The van der Waals surface area contributed by atoms with Gasteiger partial charge in [-0.3, -0.25) is 4.90 Å². The van der Waals surface area contributed by atoms with Gasteiger partial charge in [0.1, 0.15) is 20.2 Å². The van der Waals surface area contributed by atoms with Crippen LogP contribution in [0.25, 0.3) is 0 Å². The molecule has 6 heteroatoms. The maximum atomic E-state index is 10.5. The molecule has 0 aromatic carbocycles. The summed E-state index contributed by atoms with van der Waals surface area (Å²) < 4.78 is 0. The lowest BCUT2D eigenvalue weighted by Gasteiger charge is -2.15. The molecule has 0 aromatic rings. The number of rotatable bonds is 3. The standard InChI is InChI=1S/C4H10N2O4.C2H6/c7-1-5-4(10)6(2-8)3-9;1-2/h7-9H,1-3H2,(H,5,10);1-2H3. The zero-order chi connectivity index (χ0) is 9.98. The monoisotopic (exact) mass is 180 g/mol. The Labute approximate surface area is 71.4 Å². The Balaban J connectivity index is 0. The molecule has 0 radical (unpaired) electrons. The number of amides is 2. The first-order valence-corrected chi connectivity index (χ1v) is 3.61. The lowest BCUT2D eigenvalue weighted by Crippen LogP contribution is -2.41. The lowest BCUT2D eigenvalue weighted by molar-refractivity contribution is 0.0539. The summed E-state index contributed by atoms with van der Waals surface area (Å²) in [6.45, 7) is 2.32. The van der Waals surface area contributed by atoms with E-state index < -0.39 is 26.2 Å². The van der Waals surface area contributed by atoms with Crippen molar-refractivity contribution < 1.29 is 20.1 Å². The van der Waals surface area contributed by atoms with Crippen LogP contribution in [0, 0.1) is 0 Å². The summed E-state index contributed by atoms with van der Waals surface area (Å²) in [5.74, 6) is 0. The number of carbonyl (C=O) groups excluding carboxylic acids is 1. The van der Waals surface area contributed by atoms with E-state index in [9.17, 15) is 4.79 Å². The fraction of sp³-hybridized carbons (Fsp3) is 0.833. The normalized spacial score (nSPS) is 8.08. The van der Waals surface area contributed by atoms with Crippen LogP contribution in [0.4, 0.5) is 4.79 Å². The van der Waals surface area contributed by atoms with E-state index in [1.807, 2.05) is 19.2 Å². The highest BCUT2D eigenvalue weighted by Crippen LogP contribution is 1.82. The highest BCUT2D eigenvalue weighted by molar-refractivity contribution is 5.73. The average Bonchev–Trinajstić information content (AvgIpc) is 2.11. The SMILES string of the molecule is CC.O=C(NCO)N(CO)CO. The largest absolute Gasteiger partial charge is 0.376 e. The zero-order valence-corrected chi connectivity index (χ0v) is 7.32. The molecule has 0 saturated carbocycles. The minimum absolute atomic E-state index is 0.519. The van der Waals surface area contributed by atoms with Crippen molar-refractivity contribution in [3.63, 3.8) is 0 Å². The Hall–Kier alpha value is -0.850. The van der Waals surface area contributed by atoms with E-state index in [1.165, 1.54) is 0 Å². The number of nitrogens with one attached hydrogen (secondary N) is 1. The van der Waals surface area contributed by atoms with Gasteiger partial charge in [0.2, 0.25) is 0 Å².